The zero-order valence-electron chi connectivity index (χ0n) is 14.4. The molecule has 0 saturated carbocycles. The van der Waals surface area contributed by atoms with Crippen LogP contribution in [-0.2, 0) is 7.05 Å². The van der Waals surface area contributed by atoms with E-state index >= 15 is 0 Å². The summed E-state index contributed by atoms with van der Waals surface area (Å²) in [5.41, 5.74) is 0.00408. The molecule has 1 aromatic heterocycles. The fourth-order valence-corrected chi connectivity index (χ4v) is 3.76. The lowest BCUT2D eigenvalue weighted by molar-refractivity contribution is 0.195. The molecule has 0 amide bonds. The van der Waals surface area contributed by atoms with Gasteiger partial charge in [0.15, 0.2) is 5.82 Å². The van der Waals surface area contributed by atoms with Crippen LogP contribution in [0.4, 0.5) is 5.82 Å². The first-order valence-corrected chi connectivity index (χ1v) is 8.92. The fourth-order valence-electron chi connectivity index (χ4n) is 3.76. The van der Waals surface area contributed by atoms with E-state index in [2.05, 4.69) is 27.0 Å². The number of hydrogen-bond donors (Lipinski definition) is 1. The summed E-state index contributed by atoms with van der Waals surface area (Å²) >= 11 is 0. The van der Waals surface area contributed by atoms with Crippen LogP contribution in [0, 0.1) is 0 Å². The van der Waals surface area contributed by atoms with Gasteiger partial charge in [-0.05, 0) is 45.3 Å². The maximum atomic E-state index is 12.3. The van der Waals surface area contributed by atoms with Crippen molar-refractivity contribution in [2.45, 2.75) is 44.7 Å². The van der Waals surface area contributed by atoms with Crippen LogP contribution in [0.1, 0.15) is 32.6 Å². The Morgan fingerprint density at radius 2 is 2.00 bits per heavy atom. The molecule has 0 radical (unpaired) electrons. The van der Waals surface area contributed by atoms with Crippen molar-refractivity contribution in [1.29, 1.82) is 0 Å². The van der Waals surface area contributed by atoms with Crippen LogP contribution < -0.4 is 15.8 Å². The molecule has 0 bridgehead atoms. The minimum atomic E-state index is 0.00408. The molecule has 3 heterocycles. The van der Waals surface area contributed by atoms with Gasteiger partial charge in [0.1, 0.15) is 0 Å². The highest BCUT2D eigenvalue weighted by atomic mass is 16.1. The standard InChI is InChI=1S/C17H29N5O/c1-3-21-10-6-14(7-11-21)19-15-5-4-9-22(13-15)16-17(23)20(2)12-8-18-16/h8,12,14-15,19H,3-7,9-11,13H2,1-2H3. The smallest absolute Gasteiger partial charge is 0.293 e. The molecule has 3 rings (SSSR count). The highest BCUT2D eigenvalue weighted by molar-refractivity contribution is 5.36. The molecule has 1 unspecified atom stereocenters. The number of rotatable bonds is 4. The Morgan fingerprint density at radius 1 is 1.22 bits per heavy atom. The molecule has 128 valence electrons. The van der Waals surface area contributed by atoms with E-state index in [1.54, 1.807) is 24.0 Å². The first-order valence-electron chi connectivity index (χ1n) is 8.92. The Kier molecular flexibility index (Phi) is 5.33. The van der Waals surface area contributed by atoms with Crippen LogP contribution >= 0.6 is 0 Å². The van der Waals surface area contributed by atoms with Gasteiger partial charge in [0.2, 0.25) is 0 Å². The van der Waals surface area contributed by atoms with Gasteiger partial charge in [-0.15, -0.1) is 0 Å². The van der Waals surface area contributed by atoms with E-state index < -0.39 is 0 Å². The van der Waals surface area contributed by atoms with Crippen molar-refractivity contribution in [3.8, 4) is 0 Å². The second kappa shape index (κ2) is 7.45. The van der Waals surface area contributed by atoms with Gasteiger partial charge in [-0.1, -0.05) is 6.92 Å². The monoisotopic (exact) mass is 319 g/mol. The predicted octanol–water partition coefficient (Wildman–Crippen LogP) is 0.823. The van der Waals surface area contributed by atoms with Gasteiger partial charge in [-0.25, -0.2) is 4.98 Å². The van der Waals surface area contributed by atoms with Crippen molar-refractivity contribution < 1.29 is 0 Å². The van der Waals surface area contributed by atoms with Crippen molar-refractivity contribution in [3.05, 3.63) is 22.7 Å². The number of likely N-dealkylation sites (tertiary alicyclic amines) is 1. The van der Waals surface area contributed by atoms with Gasteiger partial charge in [-0.3, -0.25) is 4.79 Å². The fraction of sp³-hybridized carbons (Fsp3) is 0.765. The third kappa shape index (κ3) is 3.93. The molecule has 6 nitrogen and oxygen atoms in total. The van der Waals surface area contributed by atoms with Crippen LogP contribution in [0.15, 0.2) is 17.2 Å². The molecule has 1 N–H and O–H groups in total. The minimum absolute atomic E-state index is 0.00408. The van der Waals surface area contributed by atoms with Gasteiger partial charge >= 0.3 is 0 Å². The molecule has 2 saturated heterocycles. The van der Waals surface area contributed by atoms with Gasteiger partial charge in [0, 0.05) is 44.6 Å². The third-order valence-electron chi connectivity index (χ3n) is 5.23. The van der Waals surface area contributed by atoms with Crippen molar-refractivity contribution in [2.75, 3.05) is 37.6 Å². The normalized spacial score (nSPS) is 24.1. The van der Waals surface area contributed by atoms with E-state index in [0.717, 1.165) is 26.1 Å². The Bertz CT molecular complexity index is 564. The summed E-state index contributed by atoms with van der Waals surface area (Å²) in [5, 5.41) is 3.83. The van der Waals surface area contributed by atoms with Gasteiger partial charge in [-0.2, -0.15) is 0 Å². The van der Waals surface area contributed by atoms with E-state index in [1.807, 2.05) is 0 Å². The van der Waals surface area contributed by atoms with Gasteiger partial charge < -0.3 is 19.7 Å². The number of aromatic nitrogens is 2. The van der Waals surface area contributed by atoms with Crippen LogP contribution in [0.5, 0.6) is 0 Å². The largest absolute Gasteiger partial charge is 0.350 e. The Morgan fingerprint density at radius 3 is 2.74 bits per heavy atom. The van der Waals surface area contributed by atoms with E-state index in [-0.39, 0.29) is 5.56 Å². The van der Waals surface area contributed by atoms with E-state index in [4.69, 9.17) is 0 Å². The van der Waals surface area contributed by atoms with Crippen LogP contribution in [0.25, 0.3) is 0 Å². The number of anilines is 1. The van der Waals surface area contributed by atoms with Crippen LogP contribution in [0.3, 0.4) is 0 Å². The molecule has 1 aromatic rings. The van der Waals surface area contributed by atoms with Crippen molar-refractivity contribution >= 4 is 5.82 Å². The lowest BCUT2D eigenvalue weighted by Gasteiger charge is -2.38. The zero-order chi connectivity index (χ0) is 16.2. The first kappa shape index (κ1) is 16.5. The van der Waals surface area contributed by atoms with E-state index in [1.165, 1.54) is 32.4 Å². The average molecular weight is 319 g/mol. The molecule has 2 fully saturated rings. The van der Waals surface area contributed by atoms with E-state index in [0.29, 0.717) is 17.9 Å². The van der Waals surface area contributed by atoms with E-state index in [9.17, 15) is 4.79 Å². The topological polar surface area (TPSA) is 53.4 Å². The quantitative estimate of drug-likeness (QED) is 0.891. The molecular weight excluding hydrogens is 290 g/mol. The van der Waals surface area contributed by atoms with Gasteiger partial charge in [0.05, 0.1) is 0 Å². The number of aryl methyl sites for hydroxylation is 1. The number of nitrogens with zero attached hydrogens (tertiary/aromatic N) is 4. The molecule has 2 aliphatic heterocycles. The summed E-state index contributed by atoms with van der Waals surface area (Å²) in [7, 11) is 1.79. The second-order valence-electron chi connectivity index (χ2n) is 6.83. The highest BCUT2D eigenvalue weighted by Gasteiger charge is 2.26. The summed E-state index contributed by atoms with van der Waals surface area (Å²) in [5.74, 6) is 0.599. The summed E-state index contributed by atoms with van der Waals surface area (Å²) in [6.07, 6.45) is 8.20. The second-order valence-corrected chi connectivity index (χ2v) is 6.83. The maximum absolute atomic E-state index is 12.3. The number of hydrogen-bond acceptors (Lipinski definition) is 5. The first-order chi connectivity index (χ1) is 11.2. The minimum Gasteiger partial charge on any atom is -0.350 e. The van der Waals surface area contributed by atoms with Crippen LogP contribution in [-0.4, -0.2) is 59.3 Å². The number of piperidine rings is 2. The average Bonchev–Trinajstić information content (AvgIpc) is 2.58. The predicted molar refractivity (Wildman–Crippen MR) is 93.0 cm³/mol. The molecule has 2 aliphatic rings. The molecule has 0 aromatic carbocycles. The number of nitrogens with one attached hydrogen (secondary N) is 1. The Labute approximate surface area is 138 Å². The SMILES string of the molecule is CCN1CCC(NC2CCCN(c3nccn(C)c3=O)C2)CC1. The molecule has 6 heteroatoms. The highest BCUT2D eigenvalue weighted by Crippen LogP contribution is 2.17. The molecule has 0 aliphatic carbocycles. The maximum Gasteiger partial charge on any atom is 0.293 e. The Hall–Kier alpha value is -1.40. The lowest BCUT2D eigenvalue weighted by Crippen LogP contribution is -2.53. The molecule has 23 heavy (non-hydrogen) atoms. The Balaban J connectivity index is 1.58. The summed E-state index contributed by atoms with van der Waals surface area (Å²) in [4.78, 5) is 21.3. The lowest BCUT2D eigenvalue weighted by atomic mass is 10.00. The van der Waals surface area contributed by atoms with Crippen LogP contribution in [0.2, 0.25) is 0 Å². The summed E-state index contributed by atoms with van der Waals surface area (Å²) in [6.45, 7) is 7.61. The van der Waals surface area contributed by atoms with Crippen molar-refractivity contribution in [3.63, 3.8) is 0 Å². The summed E-state index contributed by atoms with van der Waals surface area (Å²) < 4.78 is 1.61. The van der Waals surface area contributed by atoms with Gasteiger partial charge in [0.25, 0.3) is 5.56 Å². The molecule has 1 atom stereocenters. The van der Waals surface area contributed by atoms with Crippen molar-refractivity contribution in [1.82, 2.24) is 19.8 Å². The van der Waals surface area contributed by atoms with Crippen molar-refractivity contribution in [2.24, 2.45) is 7.05 Å². The third-order valence-corrected chi connectivity index (χ3v) is 5.23. The molecular formula is C17H29N5O. The molecule has 0 spiro atoms. The summed E-state index contributed by atoms with van der Waals surface area (Å²) in [6, 6.07) is 1.09. The zero-order valence-corrected chi connectivity index (χ0v) is 14.4.